The third-order valence-electron chi connectivity index (χ3n) is 3.94. The van der Waals surface area contributed by atoms with Gasteiger partial charge in [0, 0.05) is 5.69 Å². The quantitative estimate of drug-likeness (QED) is 0.705. The second kappa shape index (κ2) is 8.92. The molecule has 0 heterocycles. The fraction of sp³-hybridized carbons (Fsp3) is 0.263. The summed E-state index contributed by atoms with van der Waals surface area (Å²) in [7, 11) is -4.75. The number of ether oxygens (including phenoxy) is 1. The monoisotopic (exact) mass is 411 g/mol. The van der Waals surface area contributed by atoms with Crippen LogP contribution < -0.4 is 5.32 Å². The molecule has 2 aromatic rings. The lowest BCUT2D eigenvalue weighted by Crippen LogP contribution is -2.30. The maximum atomic E-state index is 12.5. The van der Waals surface area contributed by atoms with E-state index in [-0.39, 0.29) is 5.56 Å². The van der Waals surface area contributed by atoms with Gasteiger partial charge in [-0.15, -0.1) is 0 Å². The highest BCUT2D eigenvalue weighted by atomic mass is 32.2. The fourth-order valence-electron chi connectivity index (χ4n) is 2.23. The normalized spacial score (nSPS) is 12.5. The van der Waals surface area contributed by atoms with E-state index in [0.717, 1.165) is 36.2 Å². The van der Waals surface area contributed by atoms with Gasteiger partial charge in [-0.3, -0.25) is 4.79 Å². The number of aryl methyl sites for hydroxylation is 1. The Labute approximate surface area is 161 Å². The van der Waals surface area contributed by atoms with Gasteiger partial charge < -0.3 is 10.1 Å². The number of hydrogen-bond acceptors (Lipinski definition) is 5. The van der Waals surface area contributed by atoms with Gasteiger partial charge in [-0.25, -0.2) is 13.2 Å². The molecule has 0 fully saturated rings. The molecular weight excluding hydrogens is 392 g/mol. The zero-order chi connectivity index (χ0) is 20.9. The molecule has 6 nitrogen and oxygen atoms in total. The number of anilines is 1. The van der Waals surface area contributed by atoms with Gasteiger partial charge >= 0.3 is 11.7 Å². The molecule has 0 saturated heterocycles. The summed E-state index contributed by atoms with van der Waals surface area (Å²) in [5, 5.41) is 2.61. The number of rotatable bonds is 7. The molecule has 0 unspecified atom stereocenters. The molecule has 0 radical (unpaired) electrons. The van der Waals surface area contributed by atoms with E-state index >= 15 is 0 Å². The summed E-state index contributed by atoms with van der Waals surface area (Å²) in [5.41, 5.74) is 1.58. The van der Waals surface area contributed by atoms with Gasteiger partial charge in [0.1, 0.15) is 0 Å². The summed E-state index contributed by atoms with van der Waals surface area (Å²) < 4.78 is 52.8. The average molecular weight is 411 g/mol. The van der Waals surface area contributed by atoms with Crippen LogP contribution in [0.1, 0.15) is 29.8 Å². The first-order valence-corrected chi connectivity index (χ1v) is 9.92. The molecule has 150 valence electrons. The van der Waals surface area contributed by atoms with Gasteiger partial charge in [0.05, 0.1) is 10.5 Å². The highest BCUT2D eigenvalue weighted by molar-refractivity contribution is 7.91. The van der Waals surface area contributed by atoms with E-state index in [0.29, 0.717) is 5.69 Å². The second-order valence-corrected chi connectivity index (χ2v) is 7.84. The molecule has 28 heavy (non-hydrogen) atoms. The summed E-state index contributed by atoms with van der Waals surface area (Å²) in [6.07, 6.45) is -0.262. The Balaban J connectivity index is 2.00. The van der Waals surface area contributed by atoms with Crippen LogP contribution in [0.25, 0.3) is 0 Å². The first-order valence-electron chi connectivity index (χ1n) is 8.38. The predicted octanol–water partition coefficient (Wildman–Crippen LogP) is 3.43. The van der Waals surface area contributed by atoms with Gasteiger partial charge in [-0.2, -0.15) is 8.78 Å². The number of amides is 1. The van der Waals surface area contributed by atoms with Crippen LogP contribution in [0.15, 0.2) is 53.4 Å². The topological polar surface area (TPSA) is 89.5 Å². The minimum atomic E-state index is -4.75. The average Bonchev–Trinajstić information content (AvgIpc) is 2.68. The van der Waals surface area contributed by atoms with Crippen molar-refractivity contribution in [1.29, 1.82) is 0 Å². The highest BCUT2D eigenvalue weighted by Gasteiger charge is 2.27. The molecule has 0 aromatic heterocycles. The number of carbonyl (C=O) groups is 2. The van der Waals surface area contributed by atoms with Crippen molar-refractivity contribution in [1.82, 2.24) is 0 Å². The molecule has 0 aliphatic heterocycles. The maximum Gasteiger partial charge on any atom is 0.341 e. The van der Waals surface area contributed by atoms with Gasteiger partial charge in [0.2, 0.25) is 9.84 Å². The Morgan fingerprint density at radius 2 is 1.61 bits per heavy atom. The van der Waals surface area contributed by atoms with Crippen molar-refractivity contribution in [2.75, 3.05) is 5.32 Å². The van der Waals surface area contributed by atoms with Crippen LogP contribution in [0.2, 0.25) is 0 Å². The first-order chi connectivity index (χ1) is 13.1. The number of nitrogens with one attached hydrogen (secondary N) is 1. The molecule has 2 rings (SSSR count). The Morgan fingerprint density at radius 3 is 2.11 bits per heavy atom. The Bertz CT molecular complexity index is 941. The van der Waals surface area contributed by atoms with Crippen LogP contribution >= 0.6 is 0 Å². The molecule has 0 aliphatic carbocycles. The van der Waals surface area contributed by atoms with Crippen LogP contribution in [0.4, 0.5) is 14.5 Å². The van der Waals surface area contributed by atoms with Crippen molar-refractivity contribution < 1.29 is 31.5 Å². The summed E-state index contributed by atoms with van der Waals surface area (Å²) in [6, 6.07) is 11.1. The summed E-state index contributed by atoms with van der Waals surface area (Å²) in [4.78, 5) is 23.6. The van der Waals surface area contributed by atoms with Gasteiger partial charge in [-0.1, -0.05) is 19.1 Å². The summed E-state index contributed by atoms with van der Waals surface area (Å²) in [5.74, 6) is -4.99. The molecule has 0 saturated carbocycles. The lowest BCUT2D eigenvalue weighted by Gasteiger charge is -2.14. The lowest BCUT2D eigenvalue weighted by molar-refractivity contribution is -0.123. The lowest BCUT2D eigenvalue weighted by atomic mass is 10.1. The van der Waals surface area contributed by atoms with E-state index in [1.165, 1.54) is 6.92 Å². The number of carbonyl (C=O) groups excluding carboxylic acids is 2. The third-order valence-corrected chi connectivity index (χ3v) is 5.33. The fourth-order valence-corrected chi connectivity index (χ4v) is 2.95. The largest absolute Gasteiger partial charge is 0.449 e. The van der Waals surface area contributed by atoms with Gasteiger partial charge in [0.25, 0.3) is 5.91 Å². The van der Waals surface area contributed by atoms with Crippen LogP contribution in [0.5, 0.6) is 0 Å². The van der Waals surface area contributed by atoms with Crippen molar-refractivity contribution in [3.05, 3.63) is 59.7 Å². The molecule has 0 aliphatic rings. The molecule has 9 heteroatoms. The highest BCUT2D eigenvalue weighted by Crippen LogP contribution is 2.19. The van der Waals surface area contributed by atoms with E-state index < -0.39 is 38.5 Å². The number of sulfone groups is 1. The van der Waals surface area contributed by atoms with Gasteiger partial charge in [-0.05, 0) is 55.3 Å². The minimum Gasteiger partial charge on any atom is -0.449 e. The zero-order valence-electron chi connectivity index (χ0n) is 15.2. The number of esters is 1. The minimum absolute atomic E-state index is 0.0693. The molecule has 1 atom stereocenters. The number of halogens is 2. The second-order valence-electron chi connectivity index (χ2n) is 5.92. The number of hydrogen-bond donors (Lipinski definition) is 1. The number of alkyl halides is 2. The van der Waals surface area contributed by atoms with Gasteiger partial charge in [0.15, 0.2) is 6.10 Å². The molecule has 2 aromatic carbocycles. The van der Waals surface area contributed by atoms with E-state index in [9.17, 15) is 26.8 Å². The number of benzene rings is 2. The van der Waals surface area contributed by atoms with Crippen molar-refractivity contribution >= 4 is 27.4 Å². The van der Waals surface area contributed by atoms with E-state index in [1.54, 1.807) is 12.1 Å². The SMILES string of the molecule is CCc1ccc(NC(=O)[C@H](C)OC(=O)c2ccc(S(=O)(=O)C(F)F)cc2)cc1. The Hall–Kier alpha value is -2.81. The zero-order valence-corrected chi connectivity index (χ0v) is 16.0. The van der Waals surface area contributed by atoms with Crippen molar-refractivity contribution in [2.45, 2.75) is 37.0 Å². The standard InChI is InChI=1S/C19H19F2NO5S/c1-3-13-4-8-15(9-5-13)22-17(23)12(2)27-18(24)14-6-10-16(11-7-14)28(25,26)19(20)21/h4-12,19H,3H2,1-2H3,(H,22,23)/t12-/m0/s1. The van der Waals surface area contributed by atoms with Crippen molar-refractivity contribution in [3.8, 4) is 0 Å². The van der Waals surface area contributed by atoms with Crippen LogP contribution in [-0.4, -0.2) is 32.2 Å². The smallest absolute Gasteiger partial charge is 0.341 e. The maximum absolute atomic E-state index is 12.5. The van der Waals surface area contributed by atoms with Crippen LogP contribution in [0, 0.1) is 0 Å². The predicted molar refractivity (Wildman–Crippen MR) is 99.0 cm³/mol. The molecule has 1 N–H and O–H groups in total. The van der Waals surface area contributed by atoms with Crippen LogP contribution in [0.3, 0.4) is 0 Å². The molecule has 1 amide bonds. The van der Waals surface area contributed by atoms with E-state index in [2.05, 4.69) is 5.32 Å². The van der Waals surface area contributed by atoms with E-state index in [4.69, 9.17) is 4.74 Å². The first kappa shape index (κ1) is 21.5. The molecule has 0 bridgehead atoms. The van der Waals surface area contributed by atoms with Crippen molar-refractivity contribution in [2.24, 2.45) is 0 Å². The molecular formula is C19H19F2NO5S. The summed E-state index contributed by atoms with van der Waals surface area (Å²) >= 11 is 0. The molecule has 0 spiro atoms. The van der Waals surface area contributed by atoms with Crippen LogP contribution in [-0.2, 0) is 25.8 Å². The Morgan fingerprint density at radius 1 is 1.04 bits per heavy atom. The van der Waals surface area contributed by atoms with E-state index in [1.807, 2.05) is 19.1 Å². The van der Waals surface area contributed by atoms with Crippen molar-refractivity contribution in [3.63, 3.8) is 0 Å². The Kier molecular flexibility index (Phi) is 6.85. The third kappa shape index (κ3) is 5.13. The summed E-state index contributed by atoms with van der Waals surface area (Å²) in [6.45, 7) is 3.38.